The molecular weight excluding hydrogens is 378 g/mol. The van der Waals surface area contributed by atoms with Crippen molar-refractivity contribution in [3.05, 3.63) is 59.9 Å². The van der Waals surface area contributed by atoms with E-state index in [4.69, 9.17) is 4.98 Å². The molecule has 3 aromatic rings. The molecule has 30 heavy (non-hydrogen) atoms. The fraction of sp³-hybridized carbons (Fsp3) is 0.409. The number of anilines is 1. The van der Waals surface area contributed by atoms with E-state index in [-0.39, 0.29) is 11.3 Å². The van der Waals surface area contributed by atoms with Gasteiger partial charge >= 0.3 is 0 Å². The highest BCUT2D eigenvalue weighted by Gasteiger charge is 2.45. The first-order chi connectivity index (χ1) is 14.6. The van der Waals surface area contributed by atoms with Crippen LogP contribution in [0, 0.1) is 0 Å². The predicted molar refractivity (Wildman–Crippen MR) is 113 cm³/mol. The second-order valence-corrected chi connectivity index (χ2v) is 8.41. The molecule has 0 radical (unpaired) electrons. The van der Waals surface area contributed by atoms with Gasteiger partial charge in [0.15, 0.2) is 0 Å². The van der Waals surface area contributed by atoms with Gasteiger partial charge in [0.1, 0.15) is 12.7 Å². The Labute approximate surface area is 175 Å². The number of hydrogen-bond donors (Lipinski definition) is 0. The fourth-order valence-electron chi connectivity index (χ4n) is 4.81. The number of nitrogens with zero attached hydrogens (tertiary/aromatic N) is 7. The highest BCUT2D eigenvalue weighted by molar-refractivity contribution is 5.97. The van der Waals surface area contributed by atoms with Gasteiger partial charge in [-0.05, 0) is 43.4 Å². The number of para-hydroxylation sites is 1. The van der Waals surface area contributed by atoms with E-state index in [9.17, 15) is 4.79 Å². The SMILES string of the molecule is CN(C)c1ncc2c(n1)C1(CCCN(C(=O)c3ccccc3-n3cncn3)C1)CC2. The van der Waals surface area contributed by atoms with E-state index < -0.39 is 0 Å². The zero-order valence-electron chi connectivity index (χ0n) is 17.3. The van der Waals surface area contributed by atoms with Crippen molar-refractivity contribution in [2.24, 2.45) is 0 Å². The molecule has 154 valence electrons. The first-order valence-electron chi connectivity index (χ1n) is 10.3. The van der Waals surface area contributed by atoms with Crippen LogP contribution in [0.4, 0.5) is 5.95 Å². The van der Waals surface area contributed by atoms with Crippen molar-refractivity contribution in [2.75, 3.05) is 32.1 Å². The average Bonchev–Trinajstić information content (AvgIpc) is 3.42. The van der Waals surface area contributed by atoms with Crippen LogP contribution in [0.25, 0.3) is 5.69 Å². The van der Waals surface area contributed by atoms with Crippen LogP contribution in [0.15, 0.2) is 43.1 Å². The maximum Gasteiger partial charge on any atom is 0.256 e. The molecule has 2 aliphatic rings. The lowest BCUT2D eigenvalue weighted by molar-refractivity contribution is 0.0633. The van der Waals surface area contributed by atoms with Gasteiger partial charge in [-0.25, -0.2) is 19.6 Å². The number of aryl methyl sites for hydroxylation is 1. The molecule has 1 spiro atoms. The van der Waals surface area contributed by atoms with Crippen LogP contribution < -0.4 is 4.90 Å². The Morgan fingerprint density at radius 2 is 2.07 bits per heavy atom. The van der Waals surface area contributed by atoms with E-state index in [0.717, 1.165) is 49.6 Å². The number of piperidine rings is 1. The molecular formula is C22H25N7O. The molecule has 0 N–H and O–H groups in total. The Morgan fingerprint density at radius 1 is 1.20 bits per heavy atom. The lowest BCUT2D eigenvalue weighted by Gasteiger charge is -2.40. The monoisotopic (exact) mass is 403 g/mol. The van der Waals surface area contributed by atoms with E-state index in [1.54, 1.807) is 11.0 Å². The summed E-state index contributed by atoms with van der Waals surface area (Å²) in [7, 11) is 3.92. The van der Waals surface area contributed by atoms with Crippen molar-refractivity contribution in [3.63, 3.8) is 0 Å². The van der Waals surface area contributed by atoms with Gasteiger partial charge in [-0.1, -0.05) is 12.1 Å². The summed E-state index contributed by atoms with van der Waals surface area (Å²) in [6.45, 7) is 1.45. The first-order valence-corrected chi connectivity index (χ1v) is 10.3. The second-order valence-electron chi connectivity index (χ2n) is 8.41. The third kappa shape index (κ3) is 3.03. The highest BCUT2D eigenvalue weighted by Crippen LogP contribution is 2.44. The topological polar surface area (TPSA) is 80.0 Å². The van der Waals surface area contributed by atoms with Gasteiger partial charge in [0, 0.05) is 38.8 Å². The van der Waals surface area contributed by atoms with Gasteiger partial charge in [0.05, 0.1) is 16.9 Å². The maximum atomic E-state index is 13.6. The summed E-state index contributed by atoms with van der Waals surface area (Å²) in [4.78, 5) is 30.9. The van der Waals surface area contributed by atoms with Crippen molar-refractivity contribution in [3.8, 4) is 5.69 Å². The quantitative estimate of drug-likeness (QED) is 0.667. The molecule has 3 heterocycles. The number of benzene rings is 1. The van der Waals surface area contributed by atoms with Crippen molar-refractivity contribution in [1.82, 2.24) is 29.6 Å². The van der Waals surface area contributed by atoms with Crippen molar-refractivity contribution in [2.45, 2.75) is 31.1 Å². The standard InChI is InChI=1S/C22H25N7O/c1-27(2)21-24-12-16-8-10-22(19(16)26-21)9-5-11-28(13-22)20(30)17-6-3-4-7-18(17)29-15-23-14-25-29/h3-4,6-7,12,14-15H,5,8-11,13H2,1-2H3. The molecule has 1 amide bonds. The number of carbonyl (C=O) groups is 1. The van der Waals surface area contributed by atoms with Gasteiger partial charge in [-0.2, -0.15) is 5.10 Å². The van der Waals surface area contributed by atoms with Crippen LogP contribution >= 0.6 is 0 Å². The number of likely N-dealkylation sites (tertiary alicyclic amines) is 1. The third-order valence-electron chi connectivity index (χ3n) is 6.29. The largest absolute Gasteiger partial charge is 0.347 e. The molecule has 5 rings (SSSR count). The van der Waals surface area contributed by atoms with E-state index in [1.165, 1.54) is 11.9 Å². The van der Waals surface area contributed by atoms with Crippen molar-refractivity contribution < 1.29 is 4.79 Å². The third-order valence-corrected chi connectivity index (χ3v) is 6.29. The van der Waals surface area contributed by atoms with Crippen LogP contribution in [-0.2, 0) is 11.8 Å². The number of amides is 1. The molecule has 1 aromatic carbocycles. The average molecular weight is 403 g/mol. The summed E-state index contributed by atoms with van der Waals surface area (Å²) < 4.78 is 1.65. The summed E-state index contributed by atoms with van der Waals surface area (Å²) in [5, 5.41) is 4.21. The van der Waals surface area contributed by atoms with Crippen molar-refractivity contribution >= 4 is 11.9 Å². The van der Waals surface area contributed by atoms with Gasteiger partial charge in [0.25, 0.3) is 5.91 Å². The van der Waals surface area contributed by atoms with Gasteiger partial charge in [-0.3, -0.25) is 4.79 Å². The van der Waals surface area contributed by atoms with Crippen LogP contribution in [0.1, 0.15) is 40.9 Å². The molecule has 0 bridgehead atoms. The molecule has 1 aliphatic carbocycles. The zero-order chi connectivity index (χ0) is 20.7. The first kappa shape index (κ1) is 18.7. The Morgan fingerprint density at radius 3 is 2.87 bits per heavy atom. The van der Waals surface area contributed by atoms with E-state index in [0.29, 0.717) is 12.1 Å². The lowest BCUT2D eigenvalue weighted by Crippen LogP contribution is -2.48. The summed E-state index contributed by atoms with van der Waals surface area (Å²) in [5.41, 5.74) is 3.67. The predicted octanol–water partition coefficient (Wildman–Crippen LogP) is 2.24. The molecule has 1 atom stereocenters. The van der Waals surface area contributed by atoms with Gasteiger partial charge in [0.2, 0.25) is 5.95 Å². The Balaban J connectivity index is 1.47. The summed E-state index contributed by atoms with van der Waals surface area (Å²) in [6.07, 6.45) is 9.08. The molecule has 8 nitrogen and oxygen atoms in total. The molecule has 8 heteroatoms. The van der Waals surface area contributed by atoms with E-state index in [1.807, 2.05) is 54.4 Å². The minimum Gasteiger partial charge on any atom is -0.347 e. The Hall–Kier alpha value is -3.29. The number of rotatable bonds is 3. The highest BCUT2D eigenvalue weighted by atomic mass is 16.2. The van der Waals surface area contributed by atoms with Crippen LogP contribution in [0.2, 0.25) is 0 Å². The summed E-state index contributed by atoms with van der Waals surface area (Å²) in [5.74, 6) is 0.769. The van der Waals surface area contributed by atoms with Gasteiger partial charge < -0.3 is 9.80 Å². The van der Waals surface area contributed by atoms with Crippen molar-refractivity contribution in [1.29, 1.82) is 0 Å². The molecule has 1 aliphatic heterocycles. The molecule has 1 unspecified atom stereocenters. The van der Waals surface area contributed by atoms with Crippen LogP contribution in [0.5, 0.6) is 0 Å². The fourth-order valence-corrected chi connectivity index (χ4v) is 4.81. The normalized spacial score (nSPS) is 20.4. The number of aromatic nitrogens is 5. The van der Waals surface area contributed by atoms with Crippen LogP contribution in [-0.4, -0.2) is 62.7 Å². The molecule has 2 aromatic heterocycles. The minimum absolute atomic E-state index is 0.0375. The van der Waals surface area contributed by atoms with E-state index in [2.05, 4.69) is 15.1 Å². The number of fused-ring (bicyclic) bond motifs is 2. The van der Waals surface area contributed by atoms with Crippen LogP contribution in [0.3, 0.4) is 0 Å². The molecule has 1 fully saturated rings. The molecule has 1 saturated heterocycles. The Kier molecular flexibility index (Phi) is 4.49. The smallest absolute Gasteiger partial charge is 0.256 e. The minimum atomic E-state index is -0.0842. The lowest BCUT2D eigenvalue weighted by atomic mass is 9.77. The zero-order valence-corrected chi connectivity index (χ0v) is 17.3. The number of hydrogen-bond acceptors (Lipinski definition) is 6. The molecule has 0 saturated carbocycles. The summed E-state index contributed by atoms with van der Waals surface area (Å²) in [6, 6.07) is 7.59. The number of carbonyl (C=O) groups excluding carboxylic acids is 1. The Bertz CT molecular complexity index is 1070. The maximum absolute atomic E-state index is 13.6. The van der Waals surface area contributed by atoms with E-state index >= 15 is 0 Å². The van der Waals surface area contributed by atoms with Gasteiger partial charge in [-0.15, -0.1) is 0 Å². The summed E-state index contributed by atoms with van der Waals surface area (Å²) >= 11 is 0. The second kappa shape index (κ2) is 7.19.